The first-order chi connectivity index (χ1) is 17.0. The predicted octanol–water partition coefficient (Wildman–Crippen LogP) is 5.97. The summed E-state index contributed by atoms with van der Waals surface area (Å²) in [5.41, 5.74) is 2.25. The van der Waals surface area contributed by atoms with Crippen LogP contribution in [-0.2, 0) is 17.9 Å². The minimum Gasteiger partial charge on any atom is -0.375 e. The third-order valence-electron chi connectivity index (χ3n) is 5.38. The Morgan fingerprint density at radius 3 is 2.51 bits per heavy atom. The van der Waals surface area contributed by atoms with Crippen molar-refractivity contribution in [2.75, 3.05) is 17.2 Å². The molecular formula is C27H31ClN6O. The van der Waals surface area contributed by atoms with Crippen molar-refractivity contribution >= 4 is 23.4 Å². The van der Waals surface area contributed by atoms with Crippen LogP contribution in [0, 0.1) is 5.92 Å². The van der Waals surface area contributed by atoms with Crippen LogP contribution < -0.4 is 10.6 Å². The Bertz CT molecular complexity index is 1170. The van der Waals surface area contributed by atoms with E-state index in [0.717, 1.165) is 34.2 Å². The van der Waals surface area contributed by atoms with E-state index in [2.05, 4.69) is 46.6 Å². The maximum atomic E-state index is 6.05. The Labute approximate surface area is 211 Å². The third-order valence-corrected chi connectivity index (χ3v) is 5.64. The highest BCUT2D eigenvalue weighted by Gasteiger charge is 2.15. The van der Waals surface area contributed by atoms with Crippen LogP contribution >= 0.6 is 11.6 Å². The first kappa shape index (κ1) is 24.7. The third kappa shape index (κ3) is 7.80. The smallest absolute Gasteiger partial charge is 0.226 e. The number of aromatic nitrogens is 4. The monoisotopic (exact) mass is 490 g/mol. The molecule has 0 aliphatic carbocycles. The second kappa shape index (κ2) is 12.3. The number of ether oxygens (including phenoxy) is 1. The number of hydrogen-bond acceptors (Lipinski definition) is 6. The fourth-order valence-electron chi connectivity index (χ4n) is 3.74. The zero-order valence-electron chi connectivity index (χ0n) is 20.1. The van der Waals surface area contributed by atoms with E-state index in [4.69, 9.17) is 21.3 Å². The molecular weight excluding hydrogens is 460 g/mol. The average Bonchev–Trinajstić information content (AvgIpc) is 3.39. The molecule has 4 aromatic rings. The molecule has 0 bridgehead atoms. The summed E-state index contributed by atoms with van der Waals surface area (Å²) >= 11 is 5.99. The number of benzene rings is 2. The predicted molar refractivity (Wildman–Crippen MR) is 141 cm³/mol. The molecule has 0 saturated carbocycles. The van der Waals surface area contributed by atoms with Gasteiger partial charge in [0.25, 0.3) is 0 Å². The summed E-state index contributed by atoms with van der Waals surface area (Å²) in [5, 5.41) is 7.65. The second-order valence-electron chi connectivity index (χ2n) is 8.86. The number of hydrogen-bond donors (Lipinski definition) is 2. The van der Waals surface area contributed by atoms with Crippen molar-refractivity contribution in [1.29, 1.82) is 0 Å². The van der Waals surface area contributed by atoms with Crippen LogP contribution in [-0.4, -0.2) is 32.2 Å². The zero-order chi connectivity index (χ0) is 24.5. The van der Waals surface area contributed by atoms with E-state index in [-0.39, 0.29) is 6.04 Å². The van der Waals surface area contributed by atoms with Crippen molar-refractivity contribution in [1.82, 2.24) is 19.5 Å². The lowest BCUT2D eigenvalue weighted by Gasteiger charge is -2.22. The average molecular weight is 491 g/mol. The van der Waals surface area contributed by atoms with Gasteiger partial charge in [-0.2, -0.15) is 9.97 Å². The largest absolute Gasteiger partial charge is 0.375 e. The Hall–Kier alpha value is -3.42. The molecule has 0 spiro atoms. The number of imidazole rings is 1. The molecule has 1 atom stereocenters. The van der Waals surface area contributed by atoms with E-state index in [1.165, 1.54) is 0 Å². The number of rotatable bonds is 12. The molecule has 2 aromatic heterocycles. The van der Waals surface area contributed by atoms with Gasteiger partial charge in [0.2, 0.25) is 5.95 Å². The highest BCUT2D eigenvalue weighted by Crippen LogP contribution is 2.18. The number of halogens is 1. The van der Waals surface area contributed by atoms with Gasteiger partial charge in [0.1, 0.15) is 18.0 Å². The Morgan fingerprint density at radius 2 is 1.80 bits per heavy atom. The van der Waals surface area contributed by atoms with E-state index in [0.29, 0.717) is 31.6 Å². The maximum Gasteiger partial charge on any atom is 0.226 e. The molecule has 0 saturated heterocycles. The molecule has 35 heavy (non-hydrogen) atoms. The van der Waals surface area contributed by atoms with Gasteiger partial charge in [-0.25, -0.2) is 4.98 Å². The molecule has 0 fully saturated rings. The molecule has 0 aliphatic rings. The summed E-state index contributed by atoms with van der Waals surface area (Å²) in [7, 11) is 0. The van der Waals surface area contributed by atoms with Crippen molar-refractivity contribution < 1.29 is 4.74 Å². The van der Waals surface area contributed by atoms with Crippen LogP contribution in [0.1, 0.15) is 31.4 Å². The van der Waals surface area contributed by atoms with Gasteiger partial charge in [-0.05, 0) is 35.6 Å². The highest BCUT2D eigenvalue weighted by atomic mass is 35.5. The van der Waals surface area contributed by atoms with Crippen LogP contribution in [0.15, 0.2) is 79.4 Å². The van der Waals surface area contributed by atoms with Crippen LogP contribution in [0.5, 0.6) is 0 Å². The molecule has 182 valence electrons. The van der Waals surface area contributed by atoms with Gasteiger partial charge in [0, 0.05) is 30.0 Å². The summed E-state index contributed by atoms with van der Waals surface area (Å²) in [6.07, 6.45) is 6.28. The lowest BCUT2D eigenvalue weighted by Crippen LogP contribution is -2.28. The minimum atomic E-state index is 0.0924. The molecule has 1 unspecified atom stereocenters. The lowest BCUT2D eigenvalue weighted by atomic mass is 10.0. The van der Waals surface area contributed by atoms with Gasteiger partial charge in [0.05, 0.1) is 19.3 Å². The van der Waals surface area contributed by atoms with E-state index in [9.17, 15) is 0 Å². The Balaban J connectivity index is 1.48. The van der Waals surface area contributed by atoms with E-state index >= 15 is 0 Å². The van der Waals surface area contributed by atoms with Crippen molar-refractivity contribution in [3.63, 3.8) is 0 Å². The summed E-state index contributed by atoms with van der Waals surface area (Å²) in [5.74, 6) is 2.52. The molecule has 2 N–H and O–H groups in total. The summed E-state index contributed by atoms with van der Waals surface area (Å²) in [4.78, 5) is 13.6. The maximum absolute atomic E-state index is 6.05. The topological polar surface area (TPSA) is 76.9 Å². The van der Waals surface area contributed by atoms with Crippen LogP contribution in [0.25, 0.3) is 5.82 Å². The van der Waals surface area contributed by atoms with Gasteiger partial charge < -0.3 is 15.4 Å². The normalized spacial score (nSPS) is 12.0. The lowest BCUT2D eigenvalue weighted by molar-refractivity contribution is 0.107. The number of nitrogens with zero attached hydrogens (tertiary/aromatic N) is 4. The molecule has 4 rings (SSSR count). The van der Waals surface area contributed by atoms with Gasteiger partial charge in [-0.15, -0.1) is 0 Å². The molecule has 0 radical (unpaired) electrons. The van der Waals surface area contributed by atoms with E-state index < -0.39 is 0 Å². The van der Waals surface area contributed by atoms with Crippen molar-refractivity contribution in [3.05, 3.63) is 95.5 Å². The Kier molecular flexibility index (Phi) is 8.70. The van der Waals surface area contributed by atoms with Gasteiger partial charge in [0.15, 0.2) is 0 Å². The highest BCUT2D eigenvalue weighted by molar-refractivity contribution is 6.30. The zero-order valence-corrected chi connectivity index (χ0v) is 20.8. The van der Waals surface area contributed by atoms with Gasteiger partial charge in [-0.3, -0.25) is 4.57 Å². The van der Waals surface area contributed by atoms with Crippen molar-refractivity contribution in [2.45, 2.75) is 39.5 Å². The van der Waals surface area contributed by atoms with Crippen LogP contribution in [0.3, 0.4) is 0 Å². The first-order valence-corrected chi connectivity index (χ1v) is 12.2. The molecule has 2 aromatic carbocycles. The summed E-state index contributed by atoms with van der Waals surface area (Å²) in [6.45, 7) is 6.13. The summed E-state index contributed by atoms with van der Waals surface area (Å²) in [6, 6.07) is 20.0. The van der Waals surface area contributed by atoms with E-state index in [1.54, 1.807) is 12.5 Å². The minimum absolute atomic E-state index is 0.0924. The van der Waals surface area contributed by atoms with Crippen molar-refractivity contribution in [2.24, 2.45) is 5.92 Å². The fraction of sp³-hybridized carbons (Fsp3) is 0.296. The van der Waals surface area contributed by atoms with Crippen LogP contribution in [0.2, 0.25) is 5.02 Å². The number of anilines is 2. The fourth-order valence-corrected chi connectivity index (χ4v) is 3.86. The molecule has 0 amide bonds. The second-order valence-corrected chi connectivity index (χ2v) is 9.29. The molecule has 2 heterocycles. The van der Waals surface area contributed by atoms with Crippen LogP contribution in [0.4, 0.5) is 11.8 Å². The molecule has 0 aliphatic heterocycles. The van der Waals surface area contributed by atoms with Gasteiger partial charge in [-0.1, -0.05) is 67.9 Å². The first-order valence-electron chi connectivity index (χ1n) is 11.8. The number of nitrogens with one attached hydrogen (secondary N) is 2. The molecule has 8 heteroatoms. The summed E-state index contributed by atoms with van der Waals surface area (Å²) < 4.78 is 7.92. The quantitative estimate of drug-likeness (QED) is 0.255. The van der Waals surface area contributed by atoms with Gasteiger partial charge >= 0.3 is 0 Å². The molecule has 7 nitrogen and oxygen atoms in total. The van der Waals surface area contributed by atoms with E-state index in [1.807, 2.05) is 59.3 Å². The van der Waals surface area contributed by atoms with Crippen molar-refractivity contribution in [3.8, 4) is 5.82 Å². The standard InChI is InChI=1S/C27H31ClN6O/c1-20(2)14-24(18-35-17-22-8-10-23(28)11-9-22)31-25-15-26(34-13-12-29-19-34)33-27(32-25)30-16-21-6-4-3-5-7-21/h3-13,15,19-20,24H,14,16-18H2,1-2H3,(H2,30,31,32,33). The Morgan fingerprint density at radius 1 is 1.00 bits per heavy atom. The SMILES string of the molecule is CC(C)CC(COCc1ccc(Cl)cc1)Nc1cc(-n2ccnc2)nc(NCc2ccccc2)n1.